The molecule has 0 radical (unpaired) electrons. The van der Waals surface area contributed by atoms with E-state index in [0.717, 1.165) is 33.8 Å². The number of aromatic nitrogens is 1. The minimum Gasteiger partial charge on any atom is -0.310 e. The quantitative estimate of drug-likeness (QED) is 0.131. The predicted octanol–water partition coefficient (Wildman–Crippen LogP) is 16.8. The Morgan fingerprint density at radius 2 is 1.06 bits per heavy atom. The van der Waals surface area contributed by atoms with Gasteiger partial charge in [-0.05, 0) is 121 Å². The van der Waals surface area contributed by atoms with Crippen LogP contribution >= 0.6 is 0 Å². The minimum atomic E-state index is -0.466. The average molecular weight is 845 g/mol. The Hall–Kier alpha value is -8.20. The molecular weight excluding hydrogens is 797 g/mol. The van der Waals surface area contributed by atoms with Crippen LogP contribution in [0.5, 0.6) is 0 Å². The summed E-state index contributed by atoms with van der Waals surface area (Å²) in [7, 11) is 0. The lowest BCUT2D eigenvalue weighted by atomic mass is 9.67. The lowest BCUT2D eigenvalue weighted by Crippen LogP contribution is -2.28. The van der Waals surface area contributed by atoms with Crippen molar-refractivity contribution in [2.24, 2.45) is 0 Å². The van der Waals surface area contributed by atoms with Crippen molar-refractivity contribution in [2.45, 2.75) is 24.7 Å². The molecule has 0 atom stereocenters. The number of rotatable bonds is 9. The normalized spacial score (nSPS) is 14.1. The third-order valence-electron chi connectivity index (χ3n) is 14.4. The molecule has 0 aliphatic heterocycles. The van der Waals surface area contributed by atoms with Crippen molar-refractivity contribution >= 4 is 44.6 Å². The van der Waals surface area contributed by atoms with Crippen molar-refractivity contribution in [3.8, 4) is 33.4 Å². The van der Waals surface area contributed by atoms with E-state index in [-0.39, 0.29) is 5.41 Å². The highest BCUT2D eigenvalue weighted by atomic mass is 15.1. The Morgan fingerprint density at radius 1 is 0.485 bits per heavy atom. The van der Waals surface area contributed by atoms with Gasteiger partial charge in [-0.25, -0.2) is 0 Å². The van der Waals surface area contributed by atoms with Gasteiger partial charge in [0.05, 0.1) is 22.1 Å². The number of hydrogen-bond donors (Lipinski definition) is 0. The van der Waals surface area contributed by atoms with E-state index >= 15 is 0 Å². The molecule has 10 aromatic rings. The lowest BCUT2D eigenvalue weighted by Gasteiger charge is -2.34. The third kappa shape index (κ3) is 5.61. The largest absolute Gasteiger partial charge is 0.310 e. The van der Waals surface area contributed by atoms with E-state index < -0.39 is 5.41 Å². The molecule has 0 unspecified atom stereocenters. The zero-order valence-corrected chi connectivity index (χ0v) is 37.2. The highest BCUT2D eigenvalue weighted by molar-refractivity contribution is 6.17. The van der Waals surface area contributed by atoms with Crippen LogP contribution in [-0.4, -0.2) is 4.57 Å². The average Bonchev–Trinajstić information content (AvgIpc) is 3.96. The molecule has 12 rings (SSSR count). The molecular formula is C64H48N2. The van der Waals surface area contributed by atoms with Gasteiger partial charge in [0.1, 0.15) is 0 Å². The van der Waals surface area contributed by atoms with E-state index in [1.54, 1.807) is 0 Å². The minimum absolute atomic E-state index is 0.160. The van der Waals surface area contributed by atoms with Crippen LogP contribution in [0.3, 0.4) is 0 Å². The summed E-state index contributed by atoms with van der Waals surface area (Å²) in [6.45, 7) is 13.0. The fourth-order valence-corrected chi connectivity index (χ4v) is 11.6. The van der Waals surface area contributed by atoms with E-state index in [9.17, 15) is 0 Å². The summed E-state index contributed by atoms with van der Waals surface area (Å²) in [5.41, 5.74) is 21.3. The Bertz CT molecular complexity index is 3550. The fourth-order valence-electron chi connectivity index (χ4n) is 11.6. The number of nitrogens with zero attached hydrogens (tertiary/aromatic N) is 2. The second kappa shape index (κ2) is 15.2. The van der Waals surface area contributed by atoms with Crippen LogP contribution in [0.4, 0.5) is 17.1 Å². The molecule has 2 heteroatoms. The molecule has 0 amide bonds. The van der Waals surface area contributed by atoms with Crippen molar-refractivity contribution < 1.29 is 0 Å². The summed E-state index contributed by atoms with van der Waals surface area (Å²) in [6, 6.07) is 78.6. The van der Waals surface area contributed by atoms with Crippen LogP contribution in [0.1, 0.15) is 47.2 Å². The standard InChI is InChI=1S/C64H48N2/c1-5-21-46(6-2)66-58-33-18-15-28-53(58)62-59(34-20-35-60(62)66)65(48-40-41-51-50-26-13-16-30-54(50)63(3,4)57(51)42-48)47-38-36-43(37-39-47)49-29-19-32-56-61(49)52-27-14-17-31-55(52)64(56,44-22-9-7-10-23-44)45-24-11-8-12-25-45/h5-42H,1-2H2,3-4H3/b46-21+. The second-order valence-electron chi connectivity index (χ2n) is 18.1. The molecule has 0 saturated heterocycles. The second-order valence-corrected chi connectivity index (χ2v) is 18.1. The van der Waals surface area contributed by atoms with Crippen molar-refractivity contribution in [1.82, 2.24) is 4.57 Å². The first-order valence-electron chi connectivity index (χ1n) is 22.9. The maximum absolute atomic E-state index is 4.22. The van der Waals surface area contributed by atoms with Gasteiger partial charge in [0.2, 0.25) is 0 Å². The van der Waals surface area contributed by atoms with E-state index in [1.165, 1.54) is 77.5 Å². The van der Waals surface area contributed by atoms with Gasteiger partial charge in [0.15, 0.2) is 0 Å². The molecule has 314 valence electrons. The number of allylic oxidation sites excluding steroid dienone is 4. The molecule has 0 saturated carbocycles. The predicted molar refractivity (Wildman–Crippen MR) is 279 cm³/mol. The zero-order chi connectivity index (χ0) is 44.6. The van der Waals surface area contributed by atoms with E-state index in [0.29, 0.717) is 0 Å². The number of benzene rings is 9. The molecule has 0 spiro atoms. The smallest absolute Gasteiger partial charge is 0.0713 e. The first-order valence-corrected chi connectivity index (χ1v) is 22.9. The van der Waals surface area contributed by atoms with Crippen LogP contribution in [0.25, 0.3) is 60.9 Å². The zero-order valence-electron chi connectivity index (χ0n) is 37.2. The van der Waals surface area contributed by atoms with Crippen molar-refractivity contribution in [2.75, 3.05) is 4.90 Å². The van der Waals surface area contributed by atoms with Crippen LogP contribution in [0.15, 0.2) is 244 Å². The van der Waals surface area contributed by atoms with Gasteiger partial charge >= 0.3 is 0 Å². The number of fused-ring (bicyclic) bond motifs is 9. The van der Waals surface area contributed by atoms with Gasteiger partial charge < -0.3 is 9.47 Å². The molecule has 2 nitrogen and oxygen atoms in total. The molecule has 1 aromatic heterocycles. The van der Waals surface area contributed by atoms with E-state index in [4.69, 9.17) is 0 Å². The molecule has 0 bridgehead atoms. The van der Waals surface area contributed by atoms with Gasteiger partial charge in [0, 0.05) is 33.3 Å². The summed E-state index contributed by atoms with van der Waals surface area (Å²) >= 11 is 0. The van der Waals surface area contributed by atoms with Gasteiger partial charge in [0.25, 0.3) is 0 Å². The Balaban J connectivity index is 1.07. The number of anilines is 3. The summed E-state index contributed by atoms with van der Waals surface area (Å²) in [5.74, 6) is 0. The maximum atomic E-state index is 4.22. The summed E-state index contributed by atoms with van der Waals surface area (Å²) in [5, 5.41) is 2.35. The molecule has 0 fully saturated rings. The van der Waals surface area contributed by atoms with Crippen LogP contribution in [-0.2, 0) is 10.8 Å². The van der Waals surface area contributed by atoms with Crippen molar-refractivity contribution in [1.29, 1.82) is 0 Å². The van der Waals surface area contributed by atoms with Crippen molar-refractivity contribution in [3.63, 3.8) is 0 Å². The maximum Gasteiger partial charge on any atom is 0.0713 e. The molecule has 2 aliphatic carbocycles. The highest BCUT2D eigenvalue weighted by Crippen LogP contribution is 2.58. The number of hydrogen-bond acceptors (Lipinski definition) is 1. The Kier molecular flexibility index (Phi) is 9.08. The summed E-state index contributed by atoms with van der Waals surface area (Å²) in [4.78, 5) is 2.47. The van der Waals surface area contributed by atoms with Crippen LogP contribution in [0, 0.1) is 0 Å². The first-order chi connectivity index (χ1) is 32.4. The first kappa shape index (κ1) is 39.4. The molecule has 2 aliphatic rings. The SMILES string of the molecule is C=C/C=C(\C=C)n1c2ccccc2c2c(N(c3ccc(-c4cccc5c4-c4ccccc4C5(c4ccccc4)c4ccccc4)cc3)c3ccc4c(c3)C(C)(C)c3ccccc3-4)cccc21. The fraction of sp³-hybridized carbons (Fsp3) is 0.0625. The molecule has 66 heavy (non-hydrogen) atoms. The van der Waals surface area contributed by atoms with Gasteiger partial charge in [-0.1, -0.05) is 203 Å². The third-order valence-corrected chi connectivity index (χ3v) is 14.4. The van der Waals surface area contributed by atoms with Crippen molar-refractivity contribution in [3.05, 3.63) is 277 Å². The van der Waals surface area contributed by atoms with Crippen LogP contribution in [0.2, 0.25) is 0 Å². The Morgan fingerprint density at radius 3 is 1.79 bits per heavy atom. The summed E-state index contributed by atoms with van der Waals surface area (Å²) < 4.78 is 2.31. The van der Waals surface area contributed by atoms with E-state index in [2.05, 4.69) is 249 Å². The molecule has 0 N–H and O–H groups in total. The lowest BCUT2D eigenvalue weighted by molar-refractivity contribution is 0.660. The number of para-hydroxylation sites is 1. The van der Waals surface area contributed by atoms with Gasteiger partial charge in [-0.15, -0.1) is 0 Å². The topological polar surface area (TPSA) is 8.17 Å². The van der Waals surface area contributed by atoms with Gasteiger partial charge in [-0.3, -0.25) is 0 Å². The van der Waals surface area contributed by atoms with Crippen LogP contribution < -0.4 is 4.90 Å². The highest BCUT2D eigenvalue weighted by Gasteiger charge is 2.46. The van der Waals surface area contributed by atoms with Gasteiger partial charge in [-0.2, -0.15) is 0 Å². The monoisotopic (exact) mass is 844 g/mol. The molecule has 1 heterocycles. The molecule has 9 aromatic carbocycles. The van der Waals surface area contributed by atoms with E-state index in [1.807, 2.05) is 18.2 Å². The Labute approximate surface area is 387 Å². The summed E-state index contributed by atoms with van der Waals surface area (Å²) in [6.07, 6.45) is 5.79.